The van der Waals surface area contributed by atoms with Crippen molar-refractivity contribution in [2.24, 2.45) is 0 Å². The molecule has 0 aliphatic heterocycles. The minimum atomic E-state index is -0.549. The Hall–Kier alpha value is -2.95. The number of rotatable bonds is 2. The first-order valence-corrected chi connectivity index (χ1v) is 7.97. The van der Waals surface area contributed by atoms with Crippen LogP contribution in [0.5, 0.6) is 0 Å². The zero-order valence-electron chi connectivity index (χ0n) is 14.3. The van der Waals surface area contributed by atoms with E-state index in [9.17, 15) is 9.18 Å². The quantitative estimate of drug-likeness (QED) is 0.682. The number of hydrogen-bond donors (Lipinski definition) is 1. The highest BCUT2D eigenvalue weighted by Gasteiger charge is 2.16. The van der Waals surface area contributed by atoms with Crippen LogP contribution in [0, 0.1) is 5.82 Å². The lowest BCUT2D eigenvalue weighted by molar-refractivity contribution is 0.0636. The van der Waals surface area contributed by atoms with Gasteiger partial charge in [-0.25, -0.2) is 14.2 Å². The van der Waals surface area contributed by atoms with E-state index in [0.717, 1.165) is 22.2 Å². The molecule has 0 unspecified atom stereocenters. The number of amides is 1. The summed E-state index contributed by atoms with van der Waals surface area (Å²) >= 11 is 0. The van der Waals surface area contributed by atoms with Gasteiger partial charge in [-0.15, -0.1) is 0 Å². The molecule has 3 rings (SSSR count). The zero-order valence-corrected chi connectivity index (χ0v) is 14.3. The third-order valence-corrected chi connectivity index (χ3v) is 3.47. The van der Waals surface area contributed by atoms with Crippen molar-refractivity contribution in [3.63, 3.8) is 0 Å². The summed E-state index contributed by atoms with van der Waals surface area (Å²) in [4.78, 5) is 16.4. The van der Waals surface area contributed by atoms with Crippen LogP contribution in [0.15, 0.2) is 54.6 Å². The molecule has 0 spiro atoms. The molecule has 2 aromatic carbocycles. The van der Waals surface area contributed by atoms with Crippen LogP contribution >= 0.6 is 0 Å². The maximum atomic E-state index is 13.0. The number of anilines is 1. The van der Waals surface area contributed by atoms with E-state index in [1.165, 1.54) is 12.1 Å². The molecule has 5 heteroatoms. The van der Waals surface area contributed by atoms with Crippen molar-refractivity contribution in [3.05, 3.63) is 60.4 Å². The second kappa shape index (κ2) is 6.51. The SMILES string of the molecule is CC(C)(C)OC(=O)Nc1ccc2nc(-c3ccc(F)cc3)ccc2c1. The molecule has 128 valence electrons. The zero-order chi connectivity index (χ0) is 18.0. The Morgan fingerprint density at radius 3 is 2.44 bits per heavy atom. The van der Waals surface area contributed by atoms with Crippen molar-refractivity contribution in [1.82, 2.24) is 4.98 Å². The van der Waals surface area contributed by atoms with Crippen LogP contribution in [-0.4, -0.2) is 16.7 Å². The maximum Gasteiger partial charge on any atom is 0.412 e. The summed E-state index contributed by atoms with van der Waals surface area (Å²) in [6.45, 7) is 5.44. The van der Waals surface area contributed by atoms with Gasteiger partial charge in [-0.1, -0.05) is 6.07 Å². The number of ether oxygens (including phenoxy) is 1. The minimum absolute atomic E-state index is 0.276. The standard InChI is InChI=1S/C20H19FN2O2/c1-20(2,3)25-19(24)22-16-9-11-18-14(12-16)6-10-17(23-18)13-4-7-15(21)8-5-13/h4-12H,1-3H3,(H,22,24). The molecule has 0 aliphatic rings. The molecule has 25 heavy (non-hydrogen) atoms. The molecule has 0 radical (unpaired) electrons. The lowest BCUT2D eigenvalue weighted by Gasteiger charge is -2.19. The van der Waals surface area contributed by atoms with Crippen LogP contribution in [-0.2, 0) is 4.74 Å². The molecule has 1 heterocycles. The number of aromatic nitrogens is 1. The molecule has 1 amide bonds. The Balaban J connectivity index is 1.83. The van der Waals surface area contributed by atoms with Crippen LogP contribution < -0.4 is 5.32 Å². The van der Waals surface area contributed by atoms with Gasteiger partial charge in [-0.3, -0.25) is 5.32 Å². The Morgan fingerprint density at radius 1 is 1.04 bits per heavy atom. The highest BCUT2D eigenvalue weighted by atomic mass is 19.1. The second-order valence-electron chi connectivity index (χ2n) is 6.74. The number of pyridine rings is 1. The van der Waals surface area contributed by atoms with E-state index < -0.39 is 11.7 Å². The van der Waals surface area contributed by atoms with Crippen LogP contribution in [0.1, 0.15) is 20.8 Å². The smallest absolute Gasteiger partial charge is 0.412 e. The molecular weight excluding hydrogens is 319 g/mol. The molecule has 4 nitrogen and oxygen atoms in total. The molecule has 0 aliphatic carbocycles. The van der Waals surface area contributed by atoms with E-state index in [-0.39, 0.29) is 5.82 Å². The highest BCUT2D eigenvalue weighted by Crippen LogP contribution is 2.24. The number of nitrogens with zero attached hydrogens (tertiary/aromatic N) is 1. The maximum absolute atomic E-state index is 13.0. The number of carbonyl (C=O) groups is 1. The first kappa shape index (κ1) is 16.9. The minimum Gasteiger partial charge on any atom is -0.444 e. The van der Waals surface area contributed by atoms with Gasteiger partial charge in [0, 0.05) is 16.6 Å². The normalized spacial score (nSPS) is 11.4. The van der Waals surface area contributed by atoms with Crippen molar-refractivity contribution in [2.45, 2.75) is 26.4 Å². The van der Waals surface area contributed by atoms with Gasteiger partial charge in [0.1, 0.15) is 11.4 Å². The highest BCUT2D eigenvalue weighted by molar-refractivity contribution is 5.90. The van der Waals surface area contributed by atoms with Crippen molar-refractivity contribution in [3.8, 4) is 11.3 Å². The number of nitrogens with one attached hydrogen (secondary N) is 1. The van der Waals surface area contributed by atoms with Gasteiger partial charge in [-0.2, -0.15) is 0 Å². The number of hydrogen-bond acceptors (Lipinski definition) is 3. The van der Waals surface area contributed by atoms with Gasteiger partial charge in [0.2, 0.25) is 0 Å². The summed E-state index contributed by atoms with van der Waals surface area (Å²) in [6, 6.07) is 15.4. The van der Waals surface area contributed by atoms with E-state index in [1.54, 1.807) is 18.2 Å². The Morgan fingerprint density at radius 2 is 1.76 bits per heavy atom. The van der Waals surface area contributed by atoms with E-state index in [4.69, 9.17) is 4.74 Å². The molecule has 0 atom stereocenters. The van der Waals surface area contributed by atoms with Gasteiger partial charge in [0.05, 0.1) is 11.2 Å². The predicted molar refractivity (Wildman–Crippen MR) is 97.0 cm³/mol. The molecule has 1 aromatic heterocycles. The fraction of sp³-hybridized carbons (Fsp3) is 0.200. The summed E-state index contributed by atoms with van der Waals surface area (Å²) < 4.78 is 18.3. The van der Waals surface area contributed by atoms with Gasteiger partial charge in [0.25, 0.3) is 0 Å². The largest absolute Gasteiger partial charge is 0.444 e. The van der Waals surface area contributed by atoms with Crippen molar-refractivity contribution >= 4 is 22.7 Å². The third-order valence-electron chi connectivity index (χ3n) is 3.47. The van der Waals surface area contributed by atoms with Crippen molar-refractivity contribution in [2.75, 3.05) is 5.32 Å². The lowest BCUT2D eigenvalue weighted by atomic mass is 10.1. The van der Waals surface area contributed by atoms with Crippen LogP contribution in [0.2, 0.25) is 0 Å². The van der Waals surface area contributed by atoms with E-state index in [2.05, 4.69) is 10.3 Å². The summed E-state index contributed by atoms with van der Waals surface area (Å²) in [5.41, 5.74) is 2.49. The Bertz CT molecular complexity index is 915. The van der Waals surface area contributed by atoms with Crippen LogP contribution in [0.4, 0.5) is 14.9 Å². The van der Waals surface area contributed by atoms with Crippen molar-refractivity contribution < 1.29 is 13.9 Å². The number of benzene rings is 2. The molecule has 0 bridgehead atoms. The van der Waals surface area contributed by atoms with E-state index in [1.807, 2.05) is 45.0 Å². The fourth-order valence-electron chi connectivity index (χ4n) is 2.41. The Labute approximate surface area is 145 Å². The fourth-order valence-corrected chi connectivity index (χ4v) is 2.41. The van der Waals surface area contributed by atoms with Gasteiger partial charge in [-0.05, 0) is 69.3 Å². The van der Waals surface area contributed by atoms with Gasteiger partial charge >= 0.3 is 6.09 Å². The van der Waals surface area contributed by atoms with Crippen LogP contribution in [0.25, 0.3) is 22.2 Å². The van der Waals surface area contributed by atoms with Gasteiger partial charge in [0.15, 0.2) is 0 Å². The summed E-state index contributed by atoms with van der Waals surface area (Å²) in [6.07, 6.45) is -0.497. The molecule has 0 fully saturated rings. The first-order valence-electron chi connectivity index (χ1n) is 7.97. The third kappa shape index (κ3) is 4.32. The topological polar surface area (TPSA) is 51.2 Å². The molecule has 0 saturated carbocycles. The summed E-state index contributed by atoms with van der Waals surface area (Å²) in [7, 11) is 0. The number of carbonyl (C=O) groups excluding carboxylic acids is 1. The monoisotopic (exact) mass is 338 g/mol. The molecule has 3 aromatic rings. The number of fused-ring (bicyclic) bond motifs is 1. The second-order valence-corrected chi connectivity index (χ2v) is 6.74. The predicted octanol–water partition coefficient (Wildman–Crippen LogP) is 5.39. The number of halogens is 1. The van der Waals surface area contributed by atoms with Crippen molar-refractivity contribution in [1.29, 1.82) is 0 Å². The average Bonchev–Trinajstić information content (AvgIpc) is 2.53. The lowest BCUT2D eigenvalue weighted by Crippen LogP contribution is -2.27. The van der Waals surface area contributed by atoms with E-state index in [0.29, 0.717) is 5.69 Å². The first-order chi connectivity index (χ1) is 11.8. The molecule has 0 saturated heterocycles. The molecular formula is C20H19FN2O2. The van der Waals surface area contributed by atoms with E-state index >= 15 is 0 Å². The van der Waals surface area contributed by atoms with Gasteiger partial charge < -0.3 is 4.74 Å². The average molecular weight is 338 g/mol. The summed E-state index contributed by atoms with van der Waals surface area (Å²) in [5, 5.41) is 3.60. The summed E-state index contributed by atoms with van der Waals surface area (Å²) in [5.74, 6) is -0.276. The molecule has 1 N–H and O–H groups in total. The Kier molecular flexibility index (Phi) is 4.40. The van der Waals surface area contributed by atoms with Crippen LogP contribution in [0.3, 0.4) is 0 Å².